The first-order chi connectivity index (χ1) is 11.7. The van der Waals surface area contributed by atoms with Crippen LogP contribution in [0, 0.1) is 13.8 Å². The summed E-state index contributed by atoms with van der Waals surface area (Å²) in [6, 6.07) is 30.7. The molecule has 4 rings (SSSR count). The highest BCUT2D eigenvalue weighted by atomic mass is 14.1. The minimum Gasteiger partial charge on any atom is -0.0616 e. The molecule has 4 aromatic rings. The van der Waals surface area contributed by atoms with Gasteiger partial charge in [0.2, 0.25) is 0 Å². The van der Waals surface area contributed by atoms with Crippen molar-refractivity contribution < 1.29 is 0 Å². The molecule has 0 aliphatic rings. The predicted molar refractivity (Wildman–Crippen MR) is 104 cm³/mol. The van der Waals surface area contributed by atoms with E-state index in [1.165, 1.54) is 44.2 Å². The van der Waals surface area contributed by atoms with Gasteiger partial charge in [0, 0.05) is 0 Å². The molecule has 116 valence electrons. The summed E-state index contributed by atoms with van der Waals surface area (Å²) in [4.78, 5) is 0. The zero-order valence-electron chi connectivity index (χ0n) is 14.1. The standard InChI is InChI=1S/C24H20/c1-17-7-8-23(15-18(17)2)20-9-11-21(12-10-20)24-14-13-19-5-3-4-6-22(19)16-24/h3-16H,1-2H3. The zero-order chi connectivity index (χ0) is 16.5. The Labute approximate surface area is 143 Å². The summed E-state index contributed by atoms with van der Waals surface area (Å²) in [7, 11) is 0. The third kappa shape index (κ3) is 2.72. The van der Waals surface area contributed by atoms with Crippen molar-refractivity contribution >= 4 is 10.8 Å². The predicted octanol–water partition coefficient (Wildman–Crippen LogP) is 6.79. The molecule has 0 saturated carbocycles. The monoisotopic (exact) mass is 308 g/mol. The van der Waals surface area contributed by atoms with Gasteiger partial charge in [0.1, 0.15) is 0 Å². The van der Waals surface area contributed by atoms with Gasteiger partial charge in [-0.1, -0.05) is 78.9 Å². The lowest BCUT2D eigenvalue weighted by Gasteiger charge is -2.08. The van der Waals surface area contributed by atoms with Crippen LogP contribution in [0.4, 0.5) is 0 Å². The van der Waals surface area contributed by atoms with Crippen molar-refractivity contribution in [3.05, 3.63) is 96.1 Å². The van der Waals surface area contributed by atoms with Crippen LogP contribution in [0.5, 0.6) is 0 Å². The topological polar surface area (TPSA) is 0 Å². The van der Waals surface area contributed by atoms with E-state index in [9.17, 15) is 0 Å². The van der Waals surface area contributed by atoms with Crippen molar-refractivity contribution in [1.82, 2.24) is 0 Å². The Bertz CT molecular complexity index is 1010. The molecule has 24 heavy (non-hydrogen) atoms. The Hall–Kier alpha value is -2.86. The summed E-state index contributed by atoms with van der Waals surface area (Å²) in [5.41, 5.74) is 7.75. The molecule has 4 aromatic carbocycles. The van der Waals surface area contributed by atoms with Gasteiger partial charge >= 0.3 is 0 Å². The van der Waals surface area contributed by atoms with E-state index >= 15 is 0 Å². The molecule has 0 aromatic heterocycles. The number of benzene rings is 4. The van der Waals surface area contributed by atoms with Crippen molar-refractivity contribution in [2.75, 3.05) is 0 Å². The number of fused-ring (bicyclic) bond motifs is 1. The van der Waals surface area contributed by atoms with Gasteiger partial charge in [-0.05, 0) is 64.1 Å². The minimum absolute atomic E-state index is 1.26. The van der Waals surface area contributed by atoms with Crippen molar-refractivity contribution in [1.29, 1.82) is 0 Å². The fraction of sp³-hybridized carbons (Fsp3) is 0.0833. The molecule has 0 unspecified atom stereocenters. The first-order valence-electron chi connectivity index (χ1n) is 8.37. The first kappa shape index (κ1) is 14.7. The Morgan fingerprint density at radius 2 is 0.958 bits per heavy atom. The summed E-state index contributed by atoms with van der Waals surface area (Å²) in [6.45, 7) is 4.32. The largest absolute Gasteiger partial charge is 0.0616 e. The molecule has 0 saturated heterocycles. The maximum atomic E-state index is 2.26. The number of rotatable bonds is 2. The number of hydrogen-bond acceptors (Lipinski definition) is 0. The quantitative estimate of drug-likeness (QED) is 0.382. The average Bonchev–Trinajstić information content (AvgIpc) is 2.64. The Balaban J connectivity index is 1.70. The smallest absolute Gasteiger partial charge is 0.0178 e. The van der Waals surface area contributed by atoms with E-state index in [4.69, 9.17) is 0 Å². The number of aryl methyl sites for hydroxylation is 2. The average molecular weight is 308 g/mol. The van der Waals surface area contributed by atoms with Gasteiger partial charge in [0.25, 0.3) is 0 Å². The third-order valence-electron chi connectivity index (χ3n) is 4.81. The molecule has 0 nitrogen and oxygen atoms in total. The van der Waals surface area contributed by atoms with Crippen molar-refractivity contribution in [2.45, 2.75) is 13.8 Å². The summed E-state index contributed by atoms with van der Waals surface area (Å²) in [6.07, 6.45) is 0. The van der Waals surface area contributed by atoms with Gasteiger partial charge in [-0.25, -0.2) is 0 Å². The van der Waals surface area contributed by atoms with Gasteiger partial charge in [-0.2, -0.15) is 0 Å². The van der Waals surface area contributed by atoms with Gasteiger partial charge < -0.3 is 0 Å². The summed E-state index contributed by atoms with van der Waals surface area (Å²) in [5, 5.41) is 2.57. The van der Waals surface area contributed by atoms with Crippen molar-refractivity contribution in [2.24, 2.45) is 0 Å². The highest BCUT2D eigenvalue weighted by Crippen LogP contribution is 2.28. The molecule has 0 atom stereocenters. The van der Waals surface area contributed by atoms with Crippen LogP contribution in [0.1, 0.15) is 11.1 Å². The Morgan fingerprint density at radius 3 is 1.62 bits per heavy atom. The van der Waals surface area contributed by atoms with Gasteiger partial charge in [0.05, 0.1) is 0 Å². The Morgan fingerprint density at radius 1 is 0.417 bits per heavy atom. The molecule has 0 aliphatic heterocycles. The van der Waals surface area contributed by atoms with Gasteiger partial charge in [0.15, 0.2) is 0 Å². The minimum atomic E-state index is 1.26. The van der Waals surface area contributed by atoms with E-state index in [-0.39, 0.29) is 0 Å². The molecule has 0 spiro atoms. The van der Waals surface area contributed by atoms with Crippen LogP contribution in [0.3, 0.4) is 0 Å². The highest BCUT2D eigenvalue weighted by molar-refractivity contribution is 5.87. The van der Waals surface area contributed by atoms with Gasteiger partial charge in [-0.3, -0.25) is 0 Å². The van der Waals surface area contributed by atoms with Gasteiger partial charge in [-0.15, -0.1) is 0 Å². The van der Waals surface area contributed by atoms with E-state index in [1.54, 1.807) is 0 Å². The van der Waals surface area contributed by atoms with E-state index in [0.29, 0.717) is 0 Å². The maximum Gasteiger partial charge on any atom is -0.0178 e. The van der Waals surface area contributed by atoms with Crippen LogP contribution in [-0.4, -0.2) is 0 Å². The molecule has 0 N–H and O–H groups in total. The van der Waals surface area contributed by atoms with E-state index in [0.717, 1.165) is 0 Å². The summed E-state index contributed by atoms with van der Waals surface area (Å²) in [5.74, 6) is 0. The molecular formula is C24H20. The van der Waals surface area contributed by atoms with E-state index < -0.39 is 0 Å². The normalized spacial score (nSPS) is 10.9. The second kappa shape index (κ2) is 5.98. The third-order valence-corrected chi connectivity index (χ3v) is 4.81. The molecular weight excluding hydrogens is 288 g/mol. The zero-order valence-corrected chi connectivity index (χ0v) is 14.1. The molecule has 0 amide bonds. The second-order valence-corrected chi connectivity index (χ2v) is 6.44. The Kier molecular flexibility index (Phi) is 3.66. The van der Waals surface area contributed by atoms with E-state index in [1.807, 2.05) is 0 Å². The van der Waals surface area contributed by atoms with Crippen LogP contribution < -0.4 is 0 Å². The lowest BCUT2D eigenvalue weighted by atomic mass is 9.97. The fourth-order valence-corrected chi connectivity index (χ4v) is 3.14. The van der Waals surface area contributed by atoms with Crippen LogP contribution in [0.2, 0.25) is 0 Å². The molecule has 0 radical (unpaired) electrons. The van der Waals surface area contributed by atoms with Crippen LogP contribution in [-0.2, 0) is 0 Å². The SMILES string of the molecule is Cc1ccc(-c2ccc(-c3ccc4ccccc4c3)cc2)cc1C. The number of hydrogen-bond donors (Lipinski definition) is 0. The lowest BCUT2D eigenvalue weighted by Crippen LogP contribution is -1.84. The summed E-state index contributed by atoms with van der Waals surface area (Å²) < 4.78 is 0. The molecule has 0 fully saturated rings. The van der Waals surface area contributed by atoms with Crippen LogP contribution >= 0.6 is 0 Å². The first-order valence-corrected chi connectivity index (χ1v) is 8.37. The van der Waals surface area contributed by atoms with Crippen LogP contribution in [0.15, 0.2) is 84.9 Å². The van der Waals surface area contributed by atoms with E-state index in [2.05, 4.69) is 98.8 Å². The molecule has 0 aliphatic carbocycles. The maximum absolute atomic E-state index is 2.26. The molecule has 0 heteroatoms. The van der Waals surface area contributed by atoms with Crippen molar-refractivity contribution in [3.63, 3.8) is 0 Å². The fourth-order valence-electron chi connectivity index (χ4n) is 3.14. The molecule has 0 heterocycles. The van der Waals surface area contributed by atoms with Crippen molar-refractivity contribution in [3.8, 4) is 22.3 Å². The highest BCUT2D eigenvalue weighted by Gasteiger charge is 2.03. The van der Waals surface area contributed by atoms with Crippen LogP contribution in [0.25, 0.3) is 33.0 Å². The molecule has 0 bridgehead atoms. The second-order valence-electron chi connectivity index (χ2n) is 6.44. The lowest BCUT2D eigenvalue weighted by molar-refractivity contribution is 1.34. The summed E-state index contributed by atoms with van der Waals surface area (Å²) >= 11 is 0.